The van der Waals surface area contributed by atoms with Gasteiger partial charge >= 0.3 is 0 Å². The Morgan fingerprint density at radius 2 is 1.69 bits per heavy atom. The lowest BCUT2D eigenvalue weighted by molar-refractivity contribution is -0.114. The van der Waals surface area contributed by atoms with Gasteiger partial charge in [0.25, 0.3) is 5.91 Å². The van der Waals surface area contributed by atoms with Crippen molar-refractivity contribution in [3.8, 4) is 16.8 Å². The molecule has 7 nitrogen and oxygen atoms in total. The number of amides is 2. The zero-order chi connectivity index (χ0) is 22.8. The van der Waals surface area contributed by atoms with E-state index in [2.05, 4.69) is 20.7 Å². The third-order valence-corrected chi connectivity index (χ3v) is 5.58. The molecule has 0 bridgehead atoms. The predicted molar refractivity (Wildman–Crippen MR) is 123 cm³/mol. The van der Waals surface area contributed by atoms with Gasteiger partial charge in [0.15, 0.2) is 5.13 Å². The van der Waals surface area contributed by atoms with Crippen LogP contribution in [-0.2, 0) is 4.79 Å². The average molecular weight is 450 g/mol. The van der Waals surface area contributed by atoms with Crippen LogP contribution in [0.15, 0.2) is 53.9 Å². The second-order valence-corrected chi connectivity index (χ2v) is 8.06. The lowest BCUT2D eigenvalue weighted by Gasteiger charge is -2.11. The van der Waals surface area contributed by atoms with Gasteiger partial charge in [0.05, 0.1) is 17.1 Å². The van der Waals surface area contributed by atoms with Gasteiger partial charge in [-0.3, -0.25) is 14.9 Å². The van der Waals surface area contributed by atoms with Crippen molar-refractivity contribution < 1.29 is 14.0 Å². The van der Waals surface area contributed by atoms with Gasteiger partial charge in [0.1, 0.15) is 11.6 Å². The summed E-state index contributed by atoms with van der Waals surface area (Å²) in [6.45, 7) is 5.09. The van der Waals surface area contributed by atoms with E-state index in [1.165, 1.54) is 30.4 Å². The van der Waals surface area contributed by atoms with Gasteiger partial charge in [-0.15, -0.1) is 11.3 Å². The molecule has 32 heavy (non-hydrogen) atoms. The molecule has 4 aromatic rings. The van der Waals surface area contributed by atoms with Crippen molar-refractivity contribution in [3.63, 3.8) is 0 Å². The molecule has 0 aliphatic rings. The maximum atomic E-state index is 13.4. The first-order chi connectivity index (χ1) is 15.3. The van der Waals surface area contributed by atoms with Gasteiger partial charge in [0.2, 0.25) is 5.91 Å². The molecule has 0 aliphatic carbocycles. The molecule has 162 valence electrons. The maximum absolute atomic E-state index is 13.4. The van der Waals surface area contributed by atoms with E-state index in [0.29, 0.717) is 33.5 Å². The fourth-order valence-corrected chi connectivity index (χ4v) is 3.98. The molecule has 0 saturated carbocycles. The molecule has 2 aromatic carbocycles. The molecule has 0 fully saturated rings. The minimum atomic E-state index is -0.346. The second kappa shape index (κ2) is 8.72. The van der Waals surface area contributed by atoms with E-state index in [9.17, 15) is 14.0 Å². The molecule has 4 rings (SSSR count). The van der Waals surface area contributed by atoms with E-state index < -0.39 is 0 Å². The minimum absolute atomic E-state index is 0.260. The first kappa shape index (κ1) is 21.4. The number of benzene rings is 2. The highest BCUT2D eigenvalue weighted by molar-refractivity contribution is 7.13. The largest absolute Gasteiger partial charge is 0.310 e. The Labute approximate surface area is 187 Å². The maximum Gasteiger partial charge on any atom is 0.257 e. The Morgan fingerprint density at radius 3 is 2.28 bits per heavy atom. The minimum Gasteiger partial charge on any atom is -0.310 e. The lowest BCUT2D eigenvalue weighted by Crippen LogP contribution is -2.13. The van der Waals surface area contributed by atoms with Crippen LogP contribution in [0.25, 0.3) is 16.8 Å². The number of halogens is 1. The molecule has 0 atom stereocenters. The van der Waals surface area contributed by atoms with Gasteiger partial charge < -0.3 is 5.32 Å². The van der Waals surface area contributed by atoms with E-state index in [0.717, 1.165) is 11.3 Å². The van der Waals surface area contributed by atoms with Crippen molar-refractivity contribution in [2.75, 3.05) is 10.6 Å². The molecule has 0 radical (unpaired) electrons. The van der Waals surface area contributed by atoms with Crippen LogP contribution in [0.1, 0.15) is 28.7 Å². The smallest absolute Gasteiger partial charge is 0.257 e. The number of carbonyl (C=O) groups is 2. The van der Waals surface area contributed by atoms with Crippen LogP contribution < -0.4 is 10.6 Å². The quantitative estimate of drug-likeness (QED) is 0.451. The second-order valence-electron chi connectivity index (χ2n) is 7.20. The molecular weight excluding hydrogens is 429 g/mol. The fraction of sp³-hybridized carbons (Fsp3) is 0.130. The first-order valence-electron chi connectivity index (χ1n) is 9.79. The van der Waals surface area contributed by atoms with E-state index in [1.807, 2.05) is 19.2 Å². The summed E-state index contributed by atoms with van der Waals surface area (Å²) < 4.78 is 15.0. The van der Waals surface area contributed by atoms with Crippen molar-refractivity contribution in [2.45, 2.75) is 20.8 Å². The Bertz CT molecular complexity index is 1290. The van der Waals surface area contributed by atoms with E-state index >= 15 is 0 Å². The topological polar surface area (TPSA) is 88.9 Å². The van der Waals surface area contributed by atoms with Gasteiger partial charge in [-0.2, -0.15) is 5.10 Å². The molecule has 2 heterocycles. The summed E-state index contributed by atoms with van der Waals surface area (Å²) in [5.41, 5.74) is 4.06. The van der Waals surface area contributed by atoms with Gasteiger partial charge in [-0.25, -0.2) is 14.1 Å². The Morgan fingerprint density at radius 1 is 1.00 bits per heavy atom. The summed E-state index contributed by atoms with van der Waals surface area (Å²) >= 11 is 1.36. The number of thiazole rings is 1. The van der Waals surface area contributed by atoms with Crippen molar-refractivity contribution in [1.82, 2.24) is 14.8 Å². The molecule has 0 aliphatic heterocycles. The van der Waals surface area contributed by atoms with Crippen LogP contribution >= 0.6 is 11.3 Å². The zero-order valence-electron chi connectivity index (χ0n) is 17.6. The van der Waals surface area contributed by atoms with Crippen molar-refractivity contribution in [3.05, 3.63) is 76.7 Å². The van der Waals surface area contributed by atoms with E-state index in [-0.39, 0.29) is 17.6 Å². The number of nitrogens with one attached hydrogen (secondary N) is 2. The molecule has 2 amide bonds. The third kappa shape index (κ3) is 4.42. The number of anilines is 2. The van der Waals surface area contributed by atoms with Crippen molar-refractivity contribution in [1.29, 1.82) is 0 Å². The molecule has 2 N–H and O–H groups in total. The normalized spacial score (nSPS) is 10.8. The van der Waals surface area contributed by atoms with Crippen molar-refractivity contribution in [2.24, 2.45) is 0 Å². The summed E-state index contributed by atoms with van der Waals surface area (Å²) in [5.74, 6) is -0.403. The standard InChI is InChI=1S/C23H20FN5O2S/c1-13-12-32-23(25-13)27-22(31)17-6-10-19(11-7-17)29-21(26-15(3)30)20(14(2)28-29)16-4-8-18(24)9-5-16/h4-12H,1-3H3,(H,26,30)(H,25,27,31). The monoisotopic (exact) mass is 449 g/mol. The fourth-order valence-electron chi connectivity index (χ4n) is 3.29. The van der Waals surface area contributed by atoms with Gasteiger partial charge in [-0.1, -0.05) is 12.1 Å². The Balaban J connectivity index is 1.68. The summed E-state index contributed by atoms with van der Waals surface area (Å²) in [5, 5.41) is 12.6. The highest BCUT2D eigenvalue weighted by Crippen LogP contribution is 2.33. The van der Waals surface area contributed by atoms with Gasteiger partial charge in [-0.05, 0) is 55.8 Å². The number of aromatic nitrogens is 3. The van der Waals surface area contributed by atoms with E-state index in [1.54, 1.807) is 41.1 Å². The van der Waals surface area contributed by atoms with Gasteiger partial charge in [0, 0.05) is 23.4 Å². The number of hydrogen-bond acceptors (Lipinski definition) is 5. The first-order valence-corrected chi connectivity index (χ1v) is 10.7. The summed E-state index contributed by atoms with van der Waals surface area (Å²) in [7, 11) is 0. The molecule has 9 heteroatoms. The number of carbonyl (C=O) groups excluding carboxylic acids is 2. The Kier molecular flexibility index (Phi) is 5.83. The van der Waals surface area contributed by atoms with Crippen LogP contribution in [0.2, 0.25) is 0 Å². The van der Waals surface area contributed by atoms with Crippen LogP contribution in [0.3, 0.4) is 0 Å². The Hall–Kier alpha value is -3.85. The third-order valence-electron chi connectivity index (χ3n) is 4.70. The SMILES string of the molecule is CC(=O)Nc1c(-c2ccc(F)cc2)c(C)nn1-c1ccc(C(=O)Nc2nc(C)cs2)cc1. The summed E-state index contributed by atoms with van der Waals surface area (Å²) in [4.78, 5) is 28.6. The molecular formula is C23H20FN5O2S. The van der Waals surface area contributed by atoms with Crippen LogP contribution in [0.4, 0.5) is 15.3 Å². The predicted octanol–water partition coefficient (Wildman–Crippen LogP) is 4.96. The number of rotatable bonds is 5. The van der Waals surface area contributed by atoms with Crippen LogP contribution in [0, 0.1) is 19.7 Å². The lowest BCUT2D eigenvalue weighted by atomic mass is 10.1. The van der Waals surface area contributed by atoms with E-state index in [4.69, 9.17) is 0 Å². The molecule has 0 saturated heterocycles. The molecule has 2 aromatic heterocycles. The average Bonchev–Trinajstić information content (AvgIpc) is 3.31. The molecule has 0 spiro atoms. The number of nitrogens with zero attached hydrogens (tertiary/aromatic N) is 3. The zero-order valence-corrected chi connectivity index (χ0v) is 18.5. The number of hydrogen-bond donors (Lipinski definition) is 2. The van der Waals surface area contributed by atoms with Crippen LogP contribution in [-0.4, -0.2) is 26.6 Å². The highest BCUT2D eigenvalue weighted by atomic mass is 32.1. The molecule has 0 unspecified atom stereocenters. The summed E-state index contributed by atoms with van der Waals surface area (Å²) in [6.07, 6.45) is 0. The highest BCUT2D eigenvalue weighted by Gasteiger charge is 2.19. The van der Waals surface area contributed by atoms with Crippen LogP contribution in [0.5, 0.6) is 0 Å². The summed E-state index contributed by atoms with van der Waals surface area (Å²) in [6, 6.07) is 12.9. The van der Waals surface area contributed by atoms with Crippen molar-refractivity contribution >= 4 is 34.1 Å². The number of aryl methyl sites for hydroxylation is 2.